The van der Waals surface area contributed by atoms with Gasteiger partial charge in [-0.15, -0.1) is 0 Å². The van der Waals surface area contributed by atoms with E-state index in [9.17, 15) is 9.59 Å². The Morgan fingerprint density at radius 1 is 1.14 bits per heavy atom. The van der Waals surface area contributed by atoms with Gasteiger partial charge in [-0.2, -0.15) is 5.10 Å². The maximum absolute atomic E-state index is 12.3. The van der Waals surface area contributed by atoms with E-state index >= 15 is 0 Å². The molecule has 29 heavy (non-hydrogen) atoms. The van der Waals surface area contributed by atoms with E-state index in [1.165, 1.54) is 0 Å². The van der Waals surface area contributed by atoms with Crippen molar-refractivity contribution in [3.8, 4) is 5.75 Å². The Morgan fingerprint density at radius 2 is 1.86 bits per heavy atom. The number of benzene rings is 1. The average Bonchev–Trinajstić information content (AvgIpc) is 3.36. The van der Waals surface area contributed by atoms with Gasteiger partial charge in [-0.25, -0.2) is 0 Å². The Morgan fingerprint density at radius 3 is 2.45 bits per heavy atom. The van der Waals surface area contributed by atoms with Crippen LogP contribution in [0.4, 0.5) is 0 Å². The summed E-state index contributed by atoms with van der Waals surface area (Å²) in [7, 11) is 1.59. The number of aryl methyl sites for hydroxylation is 2. The van der Waals surface area contributed by atoms with Gasteiger partial charge in [-0.05, 0) is 49.7 Å². The molecule has 8 heteroatoms. The lowest BCUT2D eigenvalue weighted by molar-refractivity contribution is -0.139. The van der Waals surface area contributed by atoms with Crippen molar-refractivity contribution in [2.75, 3.05) is 13.7 Å². The number of nitrogens with zero attached hydrogens (tertiary/aromatic N) is 2. The van der Waals surface area contributed by atoms with Crippen LogP contribution in [0.15, 0.2) is 53.1 Å². The maximum Gasteiger partial charge on any atom is 0.309 e. The first-order valence-corrected chi connectivity index (χ1v) is 9.23. The second-order valence-corrected chi connectivity index (χ2v) is 6.64. The molecule has 3 aromatic rings. The highest BCUT2D eigenvalue weighted by Gasteiger charge is 2.22. The molecule has 0 aliphatic rings. The molecule has 0 aliphatic heterocycles. The summed E-state index contributed by atoms with van der Waals surface area (Å²) in [6.45, 7) is 4.24. The molecule has 2 aromatic heterocycles. The zero-order chi connectivity index (χ0) is 20.8. The number of hydrogen-bond acceptors (Lipinski definition) is 5. The molecule has 0 saturated heterocycles. The van der Waals surface area contributed by atoms with Crippen LogP contribution in [-0.2, 0) is 16.1 Å². The van der Waals surface area contributed by atoms with Gasteiger partial charge in [0.05, 0.1) is 19.1 Å². The third kappa shape index (κ3) is 5.04. The summed E-state index contributed by atoms with van der Waals surface area (Å²) in [6, 6.07) is 12.4. The van der Waals surface area contributed by atoms with Gasteiger partial charge in [-0.3, -0.25) is 14.3 Å². The number of nitrogens with one attached hydrogen (secondary N) is 2. The van der Waals surface area contributed by atoms with Crippen molar-refractivity contribution in [1.82, 2.24) is 20.4 Å². The fraction of sp³-hybridized carbons (Fsp3) is 0.286. The molecule has 0 saturated carbocycles. The minimum Gasteiger partial charge on any atom is -0.497 e. The number of hydrogen-bond donors (Lipinski definition) is 2. The number of methoxy groups -OCH3 is 1. The molecule has 0 bridgehead atoms. The Labute approximate surface area is 168 Å². The molecule has 1 aromatic carbocycles. The molecule has 3 rings (SSSR count). The lowest BCUT2D eigenvalue weighted by Gasteiger charge is -2.18. The number of ether oxygens (including phenoxy) is 1. The van der Waals surface area contributed by atoms with E-state index in [1.807, 2.05) is 38.1 Å². The highest BCUT2D eigenvalue weighted by molar-refractivity contribution is 6.35. The van der Waals surface area contributed by atoms with Crippen molar-refractivity contribution in [2.45, 2.75) is 26.4 Å². The van der Waals surface area contributed by atoms with Crippen LogP contribution >= 0.6 is 0 Å². The van der Waals surface area contributed by atoms with Gasteiger partial charge < -0.3 is 19.8 Å². The monoisotopic (exact) mass is 396 g/mol. The van der Waals surface area contributed by atoms with Gasteiger partial charge in [0.2, 0.25) is 0 Å². The predicted octanol–water partition coefficient (Wildman–Crippen LogP) is 2.12. The molecule has 0 unspecified atom stereocenters. The quantitative estimate of drug-likeness (QED) is 0.596. The van der Waals surface area contributed by atoms with Crippen molar-refractivity contribution >= 4 is 11.8 Å². The van der Waals surface area contributed by atoms with E-state index < -0.39 is 11.8 Å². The number of furan rings is 1. The van der Waals surface area contributed by atoms with Gasteiger partial charge in [0.25, 0.3) is 0 Å². The highest BCUT2D eigenvalue weighted by Crippen LogP contribution is 2.20. The third-order valence-electron chi connectivity index (χ3n) is 4.49. The van der Waals surface area contributed by atoms with Gasteiger partial charge in [0, 0.05) is 18.8 Å². The molecule has 152 valence electrons. The highest BCUT2D eigenvalue weighted by atomic mass is 16.5. The first kappa shape index (κ1) is 20.2. The summed E-state index contributed by atoms with van der Waals surface area (Å²) >= 11 is 0. The van der Waals surface area contributed by atoms with E-state index in [0.717, 1.165) is 22.7 Å². The molecular formula is C21H24N4O4. The molecule has 0 radical (unpaired) electrons. The largest absolute Gasteiger partial charge is 0.497 e. The Bertz CT molecular complexity index is 961. The first-order chi connectivity index (χ1) is 14.0. The Hall–Kier alpha value is -3.55. The van der Waals surface area contributed by atoms with Gasteiger partial charge in [0.1, 0.15) is 17.6 Å². The van der Waals surface area contributed by atoms with Crippen molar-refractivity contribution < 1.29 is 18.7 Å². The molecule has 0 spiro atoms. The SMILES string of the molecule is COc1ccc(CNC(=O)C(=O)NC[C@@H](c2ccco2)n2nc(C)cc2C)cc1. The average molecular weight is 396 g/mol. The lowest BCUT2D eigenvalue weighted by atomic mass is 10.2. The van der Waals surface area contributed by atoms with Crippen LogP contribution in [-0.4, -0.2) is 35.2 Å². The maximum atomic E-state index is 12.3. The topological polar surface area (TPSA) is 98.4 Å². The number of rotatable bonds is 7. The smallest absolute Gasteiger partial charge is 0.309 e. The number of aromatic nitrogens is 2. The van der Waals surface area contributed by atoms with E-state index in [0.29, 0.717) is 5.76 Å². The van der Waals surface area contributed by atoms with Crippen LogP contribution in [0.2, 0.25) is 0 Å². The van der Waals surface area contributed by atoms with Crippen LogP contribution in [0.25, 0.3) is 0 Å². The lowest BCUT2D eigenvalue weighted by Crippen LogP contribution is -2.42. The summed E-state index contributed by atoms with van der Waals surface area (Å²) in [5.74, 6) is -0.0370. The van der Waals surface area contributed by atoms with E-state index in [1.54, 1.807) is 36.3 Å². The van der Waals surface area contributed by atoms with Crippen molar-refractivity contribution in [2.24, 2.45) is 0 Å². The first-order valence-electron chi connectivity index (χ1n) is 9.23. The number of carbonyl (C=O) groups is 2. The number of amides is 2. The molecule has 0 fully saturated rings. The summed E-state index contributed by atoms with van der Waals surface area (Å²) < 4.78 is 12.4. The fourth-order valence-electron chi connectivity index (χ4n) is 3.03. The van der Waals surface area contributed by atoms with Gasteiger partial charge in [-0.1, -0.05) is 12.1 Å². The minimum absolute atomic E-state index is 0.171. The molecule has 2 amide bonds. The molecule has 8 nitrogen and oxygen atoms in total. The second kappa shape index (κ2) is 9.09. The summed E-state index contributed by atoms with van der Waals surface area (Å²) in [5.41, 5.74) is 2.66. The predicted molar refractivity (Wildman–Crippen MR) is 106 cm³/mol. The summed E-state index contributed by atoms with van der Waals surface area (Å²) in [5, 5.41) is 9.75. The fourth-order valence-corrected chi connectivity index (χ4v) is 3.03. The third-order valence-corrected chi connectivity index (χ3v) is 4.49. The van der Waals surface area contributed by atoms with Gasteiger partial charge in [0.15, 0.2) is 0 Å². The number of carbonyl (C=O) groups excluding carboxylic acids is 2. The van der Waals surface area contributed by atoms with Gasteiger partial charge >= 0.3 is 11.8 Å². The second-order valence-electron chi connectivity index (χ2n) is 6.64. The van der Waals surface area contributed by atoms with Crippen molar-refractivity contribution in [1.29, 1.82) is 0 Å². The molecular weight excluding hydrogens is 372 g/mol. The normalized spacial score (nSPS) is 11.7. The van der Waals surface area contributed by atoms with E-state index in [4.69, 9.17) is 9.15 Å². The van der Waals surface area contributed by atoms with Crippen LogP contribution in [0.3, 0.4) is 0 Å². The Balaban J connectivity index is 1.59. The standard InChI is InChI=1S/C21H24N4O4/c1-14-11-15(2)25(24-14)18(19-5-4-10-29-19)13-23-21(27)20(26)22-12-16-6-8-17(28-3)9-7-16/h4-11,18H,12-13H2,1-3H3,(H,22,26)(H,23,27)/t18-/m0/s1. The van der Waals surface area contributed by atoms with Crippen LogP contribution in [0.5, 0.6) is 5.75 Å². The van der Waals surface area contributed by atoms with Crippen LogP contribution in [0.1, 0.15) is 28.8 Å². The molecule has 1 atom stereocenters. The molecule has 0 aliphatic carbocycles. The van der Waals surface area contributed by atoms with E-state index in [-0.39, 0.29) is 19.1 Å². The van der Waals surface area contributed by atoms with E-state index in [2.05, 4.69) is 15.7 Å². The van der Waals surface area contributed by atoms with Crippen molar-refractivity contribution in [3.05, 3.63) is 71.4 Å². The van der Waals surface area contributed by atoms with Crippen molar-refractivity contribution in [3.63, 3.8) is 0 Å². The van der Waals surface area contributed by atoms with Crippen LogP contribution in [0, 0.1) is 13.8 Å². The Kier molecular flexibility index (Phi) is 6.33. The van der Waals surface area contributed by atoms with Crippen LogP contribution < -0.4 is 15.4 Å². The summed E-state index contributed by atoms with van der Waals surface area (Å²) in [6.07, 6.45) is 1.57. The summed E-state index contributed by atoms with van der Waals surface area (Å²) in [4.78, 5) is 24.4. The zero-order valence-corrected chi connectivity index (χ0v) is 16.6. The minimum atomic E-state index is -0.711. The molecule has 2 N–H and O–H groups in total. The molecule has 2 heterocycles. The zero-order valence-electron chi connectivity index (χ0n) is 16.6.